The fourth-order valence-electron chi connectivity index (χ4n) is 1.34. The van der Waals surface area contributed by atoms with Crippen LogP contribution >= 0.6 is 11.3 Å². The van der Waals surface area contributed by atoms with Crippen molar-refractivity contribution in [3.63, 3.8) is 0 Å². The highest BCUT2D eigenvalue weighted by Crippen LogP contribution is 2.19. The zero-order valence-corrected chi connectivity index (χ0v) is 10.3. The van der Waals surface area contributed by atoms with E-state index in [-0.39, 0.29) is 0 Å². The number of nitrogens with zero attached hydrogens (tertiary/aromatic N) is 2. The second-order valence-corrected chi connectivity index (χ2v) is 4.80. The highest BCUT2D eigenvalue weighted by Gasteiger charge is 2.07. The van der Waals surface area contributed by atoms with Gasteiger partial charge >= 0.3 is 0 Å². The van der Waals surface area contributed by atoms with Crippen LogP contribution in [-0.2, 0) is 6.54 Å². The fourth-order valence-corrected chi connectivity index (χ4v) is 1.88. The number of aromatic nitrogens is 2. The zero-order valence-electron chi connectivity index (χ0n) is 9.43. The van der Waals surface area contributed by atoms with Crippen molar-refractivity contribution >= 4 is 11.3 Å². The van der Waals surface area contributed by atoms with Crippen LogP contribution in [0, 0.1) is 5.92 Å². The van der Waals surface area contributed by atoms with Crippen molar-refractivity contribution in [2.45, 2.75) is 20.4 Å². The van der Waals surface area contributed by atoms with E-state index in [0.29, 0.717) is 5.92 Å². The molecule has 2 rings (SSSR count). The number of rotatable bonds is 5. The van der Waals surface area contributed by atoms with Gasteiger partial charge in [-0.05, 0) is 12.5 Å². The molecule has 0 radical (unpaired) electrons. The smallest absolute Gasteiger partial charge is 0.186 e. The molecule has 86 valence electrons. The first-order valence-electron chi connectivity index (χ1n) is 5.30. The van der Waals surface area contributed by atoms with Crippen LogP contribution in [0.1, 0.15) is 19.5 Å². The Morgan fingerprint density at radius 2 is 2.38 bits per heavy atom. The molecule has 1 N–H and O–H groups in total. The molecular formula is C11H15N3OS. The molecule has 0 amide bonds. The molecule has 5 heteroatoms. The Kier molecular flexibility index (Phi) is 3.69. The molecule has 0 aliphatic rings. The van der Waals surface area contributed by atoms with Gasteiger partial charge in [0.05, 0.1) is 11.2 Å². The topological polar surface area (TPSA) is 51.0 Å². The van der Waals surface area contributed by atoms with Crippen molar-refractivity contribution in [3.05, 3.63) is 22.7 Å². The molecule has 0 spiro atoms. The van der Waals surface area contributed by atoms with E-state index in [4.69, 9.17) is 4.52 Å². The predicted octanol–water partition coefficient (Wildman–Crippen LogP) is 2.54. The van der Waals surface area contributed by atoms with Gasteiger partial charge in [0.15, 0.2) is 5.76 Å². The Bertz CT molecular complexity index is 422. The second kappa shape index (κ2) is 5.23. The van der Waals surface area contributed by atoms with E-state index in [9.17, 15) is 0 Å². The van der Waals surface area contributed by atoms with Crippen molar-refractivity contribution in [2.24, 2.45) is 5.92 Å². The van der Waals surface area contributed by atoms with Gasteiger partial charge in [-0.2, -0.15) is 0 Å². The van der Waals surface area contributed by atoms with Gasteiger partial charge in [0.25, 0.3) is 0 Å². The lowest BCUT2D eigenvalue weighted by atomic mass is 10.2. The first-order valence-corrected chi connectivity index (χ1v) is 6.25. The highest BCUT2D eigenvalue weighted by molar-refractivity contribution is 7.07. The van der Waals surface area contributed by atoms with Gasteiger partial charge in [-0.15, -0.1) is 11.3 Å². The summed E-state index contributed by atoms with van der Waals surface area (Å²) in [6.45, 7) is 6.08. The van der Waals surface area contributed by atoms with Crippen LogP contribution in [0.15, 0.2) is 21.5 Å². The molecule has 0 saturated carbocycles. The molecule has 0 atom stereocenters. The van der Waals surface area contributed by atoms with E-state index in [2.05, 4.69) is 29.3 Å². The van der Waals surface area contributed by atoms with Gasteiger partial charge in [0.1, 0.15) is 5.69 Å². The molecule has 0 aromatic carbocycles. The molecule has 2 heterocycles. The van der Waals surface area contributed by atoms with Crippen molar-refractivity contribution in [1.29, 1.82) is 0 Å². The van der Waals surface area contributed by atoms with Crippen LogP contribution < -0.4 is 5.32 Å². The third-order valence-electron chi connectivity index (χ3n) is 2.10. The molecule has 0 fully saturated rings. The van der Waals surface area contributed by atoms with Gasteiger partial charge in [-0.3, -0.25) is 0 Å². The molecule has 0 aliphatic carbocycles. The molecule has 0 bridgehead atoms. The molecular weight excluding hydrogens is 222 g/mol. The van der Waals surface area contributed by atoms with Crippen molar-refractivity contribution in [3.8, 4) is 11.5 Å². The summed E-state index contributed by atoms with van der Waals surface area (Å²) in [5.41, 5.74) is 3.56. The van der Waals surface area contributed by atoms with Gasteiger partial charge in [-0.1, -0.05) is 19.0 Å². The third-order valence-corrected chi connectivity index (χ3v) is 2.69. The zero-order chi connectivity index (χ0) is 11.4. The summed E-state index contributed by atoms with van der Waals surface area (Å²) in [5.74, 6) is 1.38. The van der Waals surface area contributed by atoms with Crippen molar-refractivity contribution < 1.29 is 4.52 Å². The minimum atomic E-state index is 0.643. The van der Waals surface area contributed by atoms with Crippen molar-refractivity contribution in [1.82, 2.24) is 15.5 Å². The summed E-state index contributed by atoms with van der Waals surface area (Å²) in [4.78, 5) is 4.17. The minimum absolute atomic E-state index is 0.643. The Balaban J connectivity index is 1.93. The summed E-state index contributed by atoms with van der Waals surface area (Å²) in [7, 11) is 0. The van der Waals surface area contributed by atoms with Crippen molar-refractivity contribution in [2.75, 3.05) is 6.54 Å². The number of hydrogen-bond acceptors (Lipinski definition) is 5. The van der Waals surface area contributed by atoms with E-state index < -0.39 is 0 Å². The lowest BCUT2D eigenvalue weighted by Crippen LogP contribution is -2.18. The van der Waals surface area contributed by atoms with E-state index >= 15 is 0 Å². The number of thiazole rings is 1. The standard InChI is InChI=1S/C11H15N3OS/c1-8(2)4-12-5-9-3-11(15-14-9)10-6-16-7-13-10/h3,6-8,12H,4-5H2,1-2H3. The van der Waals surface area contributed by atoms with Crippen LogP contribution in [0.25, 0.3) is 11.5 Å². The van der Waals surface area contributed by atoms with Crippen LogP contribution in [0.5, 0.6) is 0 Å². The van der Waals surface area contributed by atoms with Crippen LogP contribution in [0.3, 0.4) is 0 Å². The molecule has 0 unspecified atom stereocenters. The first-order chi connectivity index (χ1) is 7.75. The Morgan fingerprint density at radius 3 is 3.06 bits per heavy atom. The maximum absolute atomic E-state index is 5.22. The minimum Gasteiger partial charge on any atom is -0.354 e. The average molecular weight is 237 g/mol. The van der Waals surface area contributed by atoms with Crippen LogP contribution in [-0.4, -0.2) is 16.7 Å². The summed E-state index contributed by atoms with van der Waals surface area (Å²) < 4.78 is 5.22. The van der Waals surface area contributed by atoms with E-state index in [1.807, 2.05) is 11.4 Å². The SMILES string of the molecule is CC(C)CNCc1cc(-c2cscn2)on1. The molecule has 16 heavy (non-hydrogen) atoms. The largest absolute Gasteiger partial charge is 0.354 e. The number of nitrogens with one attached hydrogen (secondary N) is 1. The summed E-state index contributed by atoms with van der Waals surface area (Å²) in [5, 5.41) is 9.27. The molecule has 2 aromatic rings. The highest BCUT2D eigenvalue weighted by atomic mass is 32.1. The normalized spacial score (nSPS) is 11.2. The van der Waals surface area contributed by atoms with E-state index in [1.54, 1.807) is 16.8 Å². The Labute approximate surface area is 98.7 Å². The monoisotopic (exact) mass is 237 g/mol. The lowest BCUT2D eigenvalue weighted by molar-refractivity contribution is 0.417. The molecule has 0 aliphatic heterocycles. The number of hydrogen-bond donors (Lipinski definition) is 1. The quantitative estimate of drug-likeness (QED) is 0.868. The van der Waals surface area contributed by atoms with E-state index in [1.165, 1.54) is 0 Å². The Hall–Kier alpha value is -1.20. The van der Waals surface area contributed by atoms with Gasteiger partial charge in [-0.25, -0.2) is 4.98 Å². The van der Waals surface area contributed by atoms with Crippen LogP contribution in [0.4, 0.5) is 0 Å². The maximum Gasteiger partial charge on any atom is 0.186 e. The first kappa shape index (κ1) is 11.3. The maximum atomic E-state index is 5.22. The summed E-state index contributed by atoms with van der Waals surface area (Å²) in [6.07, 6.45) is 0. The average Bonchev–Trinajstić information content (AvgIpc) is 2.85. The fraction of sp³-hybridized carbons (Fsp3) is 0.455. The Morgan fingerprint density at radius 1 is 1.50 bits per heavy atom. The molecule has 4 nitrogen and oxygen atoms in total. The summed E-state index contributed by atoms with van der Waals surface area (Å²) in [6, 6.07) is 1.93. The third kappa shape index (κ3) is 2.90. The second-order valence-electron chi connectivity index (χ2n) is 4.08. The van der Waals surface area contributed by atoms with Gasteiger partial charge in [0, 0.05) is 18.0 Å². The lowest BCUT2D eigenvalue weighted by Gasteiger charge is -2.03. The predicted molar refractivity (Wildman–Crippen MR) is 64.2 cm³/mol. The van der Waals surface area contributed by atoms with Crippen LogP contribution in [0.2, 0.25) is 0 Å². The summed E-state index contributed by atoms with van der Waals surface area (Å²) >= 11 is 1.55. The van der Waals surface area contributed by atoms with Gasteiger partial charge < -0.3 is 9.84 Å². The molecule has 2 aromatic heterocycles. The molecule has 0 saturated heterocycles. The van der Waals surface area contributed by atoms with Gasteiger partial charge in [0.2, 0.25) is 0 Å². The van der Waals surface area contributed by atoms with E-state index in [0.717, 1.165) is 30.2 Å².